The van der Waals surface area contributed by atoms with Crippen molar-refractivity contribution in [2.75, 3.05) is 13.1 Å². The van der Waals surface area contributed by atoms with Gasteiger partial charge in [0.2, 0.25) is 17.7 Å². The zero-order valence-electron chi connectivity index (χ0n) is 12.8. The van der Waals surface area contributed by atoms with Gasteiger partial charge in [-0.15, -0.1) is 0 Å². The fourth-order valence-electron chi connectivity index (χ4n) is 2.66. The zero-order chi connectivity index (χ0) is 16.3. The normalized spacial score (nSPS) is 20.9. The minimum Gasteiger partial charge on any atom is -0.369 e. The smallest absolute Gasteiger partial charge is 0.224 e. The Kier molecular flexibility index (Phi) is 4.79. The van der Waals surface area contributed by atoms with Gasteiger partial charge in [-0.05, 0) is 12.5 Å². The molecule has 0 bridgehead atoms. The molecule has 3 N–H and O–H groups in total. The maximum Gasteiger partial charge on any atom is 0.224 e. The van der Waals surface area contributed by atoms with Crippen molar-refractivity contribution >= 4 is 17.7 Å². The number of primary amides is 1. The number of amides is 3. The quantitative estimate of drug-likeness (QED) is 0.712. The van der Waals surface area contributed by atoms with E-state index in [4.69, 9.17) is 5.73 Å². The van der Waals surface area contributed by atoms with Crippen molar-refractivity contribution in [2.45, 2.75) is 25.8 Å². The molecule has 8 heteroatoms. The number of carbonyl (C=O) groups excluding carboxylic acids is 3. The summed E-state index contributed by atoms with van der Waals surface area (Å²) in [6, 6.07) is 1.44. The maximum atomic E-state index is 12.1. The van der Waals surface area contributed by atoms with E-state index >= 15 is 0 Å². The van der Waals surface area contributed by atoms with Crippen LogP contribution in [-0.4, -0.2) is 51.5 Å². The average molecular weight is 307 g/mol. The van der Waals surface area contributed by atoms with Crippen LogP contribution in [0, 0.1) is 5.92 Å². The molecule has 2 heterocycles. The van der Waals surface area contributed by atoms with Crippen LogP contribution >= 0.6 is 0 Å². The summed E-state index contributed by atoms with van der Waals surface area (Å²) in [4.78, 5) is 36.5. The van der Waals surface area contributed by atoms with Crippen LogP contribution in [0.5, 0.6) is 0 Å². The molecule has 0 aliphatic carbocycles. The lowest BCUT2D eigenvalue weighted by molar-refractivity contribution is -0.128. The molecular weight excluding hydrogens is 286 g/mol. The molecule has 1 aromatic heterocycles. The van der Waals surface area contributed by atoms with Crippen LogP contribution in [-0.2, 0) is 27.9 Å². The van der Waals surface area contributed by atoms with Gasteiger partial charge in [0.1, 0.15) is 0 Å². The second-order valence-electron chi connectivity index (χ2n) is 5.55. The molecule has 2 atom stereocenters. The highest BCUT2D eigenvalue weighted by atomic mass is 16.2. The lowest BCUT2D eigenvalue weighted by Gasteiger charge is -2.17. The van der Waals surface area contributed by atoms with Crippen LogP contribution in [0.2, 0.25) is 0 Å². The van der Waals surface area contributed by atoms with E-state index in [1.165, 1.54) is 11.8 Å². The van der Waals surface area contributed by atoms with Crippen LogP contribution in [0.1, 0.15) is 19.0 Å². The van der Waals surface area contributed by atoms with E-state index in [0.717, 1.165) is 5.69 Å². The third-order valence-electron chi connectivity index (χ3n) is 4.01. The topological polar surface area (TPSA) is 110 Å². The number of aromatic nitrogens is 2. The van der Waals surface area contributed by atoms with E-state index in [1.807, 2.05) is 13.1 Å². The fraction of sp³-hybridized carbons (Fsp3) is 0.571. The van der Waals surface area contributed by atoms with Gasteiger partial charge in [0.05, 0.1) is 12.0 Å². The van der Waals surface area contributed by atoms with E-state index in [-0.39, 0.29) is 18.4 Å². The van der Waals surface area contributed by atoms with Crippen molar-refractivity contribution in [1.82, 2.24) is 20.0 Å². The molecule has 2 rings (SSSR count). The highest BCUT2D eigenvalue weighted by Gasteiger charge is 2.38. The predicted molar refractivity (Wildman–Crippen MR) is 78.4 cm³/mol. The maximum absolute atomic E-state index is 12.1. The van der Waals surface area contributed by atoms with Crippen molar-refractivity contribution in [2.24, 2.45) is 18.7 Å². The van der Waals surface area contributed by atoms with Gasteiger partial charge in [-0.1, -0.05) is 0 Å². The second-order valence-corrected chi connectivity index (χ2v) is 5.55. The number of nitrogens with two attached hydrogens (primary N) is 1. The SMILES string of the molecule is CC(=O)N1C[C@H](NC(=O)CCc2ccnn2C)[C@H](C(N)=O)C1. The van der Waals surface area contributed by atoms with Gasteiger partial charge in [0.15, 0.2) is 0 Å². The van der Waals surface area contributed by atoms with Gasteiger partial charge in [-0.2, -0.15) is 5.10 Å². The minimum atomic E-state index is -0.537. The van der Waals surface area contributed by atoms with Gasteiger partial charge in [0.25, 0.3) is 0 Å². The Morgan fingerprint density at radius 1 is 1.41 bits per heavy atom. The standard InChI is InChI=1S/C14H21N5O3/c1-9(20)19-7-11(14(15)22)12(8-19)17-13(21)4-3-10-5-6-16-18(10)2/h5-6,11-12H,3-4,7-8H2,1-2H3,(H2,15,22)(H,17,21)/t11-,12+/m1/s1. The van der Waals surface area contributed by atoms with E-state index in [9.17, 15) is 14.4 Å². The first-order valence-corrected chi connectivity index (χ1v) is 7.19. The minimum absolute atomic E-state index is 0.127. The zero-order valence-corrected chi connectivity index (χ0v) is 12.8. The molecule has 1 aliphatic rings. The fourth-order valence-corrected chi connectivity index (χ4v) is 2.66. The Hall–Kier alpha value is -2.38. The first-order valence-electron chi connectivity index (χ1n) is 7.19. The third kappa shape index (κ3) is 3.63. The Labute approximate surface area is 128 Å². The first-order chi connectivity index (χ1) is 10.4. The van der Waals surface area contributed by atoms with Crippen molar-refractivity contribution in [1.29, 1.82) is 0 Å². The van der Waals surface area contributed by atoms with Crippen molar-refractivity contribution < 1.29 is 14.4 Å². The monoisotopic (exact) mass is 307 g/mol. The number of rotatable bonds is 5. The molecule has 1 aliphatic heterocycles. The number of hydrogen-bond donors (Lipinski definition) is 2. The highest BCUT2D eigenvalue weighted by molar-refractivity contribution is 5.83. The van der Waals surface area contributed by atoms with E-state index in [1.54, 1.807) is 10.9 Å². The van der Waals surface area contributed by atoms with Crippen LogP contribution in [0.3, 0.4) is 0 Å². The summed E-state index contributed by atoms with van der Waals surface area (Å²) < 4.78 is 1.71. The Balaban J connectivity index is 1.90. The van der Waals surface area contributed by atoms with Crippen molar-refractivity contribution in [3.63, 3.8) is 0 Å². The van der Waals surface area contributed by atoms with Crippen LogP contribution in [0.25, 0.3) is 0 Å². The van der Waals surface area contributed by atoms with E-state index in [2.05, 4.69) is 10.4 Å². The molecule has 1 aromatic rings. The van der Waals surface area contributed by atoms with Gasteiger partial charge in [-0.3, -0.25) is 19.1 Å². The molecule has 3 amide bonds. The molecule has 22 heavy (non-hydrogen) atoms. The van der Waals surface area contributed by atoms with Gasteiger partial charge in [0, 0.05) is 45.4 Å². The molecule has 0 unspecified atom stereocenters. The lowest BCUT2D eigenvalue weighted by Crippen LogP contribution is -2.45. The van der Waals surface area contributed by atoms with Crippen LogP contribution in [0.15, 0.2) is 12.3 Å². The Bertz CT molecular complexity index is 583. The summed E-state index contributed by atoms with van der Waals surface area (Å²) in [6.45, 7) is 2.02. The molecule has 1 saturated heterocycles. The summed E-state index contributed by atoms with van der Waals surface area (Å²) in [5, 5.41) is 6.86. The van der Waals surface area contributed by atoms with Crippen LogP contribution < -0.4 is 11.1 Å². The van der Waals surface area contributed by atoms with E-state index in [0.29, 0.717) is 19.4 Å². The summed E-state index contributed by atoms with van der Waals surface area (Å²) >= 11 is 0. The highest BCUT2D eigenvalue weighted by Crippen LogP contribution is 2.17. The number of nitrogens with zero attached hydrogens (tertiary/aromatic N) is 3. The third-order valence-corrected chi connectivity index (χ3v) is 4.01. The summed E-state index contributed by atoms with van der Waals surface area (Å²) in [5.74, 6) is -1.33. The van der Waals surface area contributed by atoms with Crippen LogP contribution in [0.4, 0.5) is 0 Å². The van der Waals surface area contributed by atoms with Gasteiger partial charge >= 0.3 is 0 Å². The molecule has 0 spiro atoms. The summed E-state index contributed by atoms with van der Waals surface area (Å²) in [5.41, 5.74) is 6.31. The molecule has 1 fully saturated rings. The summed E-state index contributed by atoms with van der Waals surface area (Å²) in [6.07, 6.45) is 2.53. The average Bonchev–Trinajstić information content (AvgIpc) is 3.03. The van der Waals surface area contributed by atoms with Gasteiger partial charge in [-0.25, -0.2) is 0 Å². The number of likely N-dealkylation sites (tertiary alicyclic amines) is 1. The molecular formula is C14H21N5O3. The largest absolute Gasteiger partial charge is 0.369 e. The number of carbonyl (C=O) groups is 3. The molecule has 120 valence electrons. The lowest BCUT2D eigenvalue weighted by atomic mass is 10.0. The number of hydrogen-bond acceptors (Lipinski definition) is 4. The van der Waals surface area contributed by atoms with Crippen molar-refractivity contribution in [3.8, 4) is 0 Å². The number of nitrogens with one attached hydrogen (secondary N) is 1. The van der Waals surface area contributed by atoms with E-state index < -0.39 is 17.9 Å². The molecule has 0 aromatic carbocycles. The first kappa shape index (κ1) is 16.0. The second kappa shape index (κ2) is 6.59. The van der Waals surface area contributed by atoms with Gasteiger partial charge < -0.3 is 16.0 Å². The predicted octanol–water partition coefficient (Wildman–Crippen LogP) is -1.20. The molecule has 0 saturated carbocycles. The Morgan fingerprint density at radius 3 is 2.68 bits per heavy atom. The number of aryl methyl sites for hydroxylation is 2. The molecule has 0 radical (unpaired) electrons. The Morgan fingerprint density at radius 2 is 2.14 bits per heavy atom. The molecule has 8 nitrogen and oxygen atoms in total. The van der Waals surface area contributed by atoms with Crippen molar-refractivity contribution in [3.05, 3.63) is 18.0 Å². The summed E-state index contributed by atoms with van der Waals surface area (Å²) in [7, 11) is 1.82.